The Morgan fingerprint density at radius 2 is 1.44 bits per heavy atom. The Balaban J connectivity index is 1.71. The molecule has 0 spiro atoms. The Bertz CT molecular complexity index is 806. The Morgan fingerprint density at radius 1 is 0.720 bits per heavy atom. The van der Waals surface area contributed by atoms with Gasteiger partial charge in [0.25, 0.3) is 0 Å². The van der Waals surface area contributed by atoms with E-state index in [1.54, 1.807) is 0 Å². The molecule has 0 saturated heterocycles. The highest BCUT2D eigenvalue weighted by atomic mass is 14.9. The molecule has 2 aromatic carbocycles. The van der Waals surface area contributed by atoms with Gasteiger partial charge in [-0.1, -0.05) is 69.9 Å². The normalized spacial score (nSPS) is 11.1. The minimum absolute atomic E-state index is 0.805. The fraction of sp³-hybridized carbons (Fsp3) is 0.391. The summed E-state index contributed by atoms with van der Waals surface area (Å²) in [4.78, 5) is 9.00. The van der Waals surface area contributed by atoms with Crippen LogP contribution in [0.2, 0.25) is 0 Å². The van der Waals surface area contributed by atoms with Gasteiger partial charge in [0.05, 0.1) is 0 Å². The lowest BCUT2D eigenvalue weighted by Crippen LogP contribution is -1.91. The zero-order valence-electron chi connectivity index (χ0n) is 15.5. The number of aryl methyl sites for hydroxylation is 2. The second-order valence-corrected chi connectivity index (χ2v) is 6.83. The van der Waals surface area contributed by atoms with Gasteiger partial charge in [-0.25, -0.2) is 9.97 Å². The third-order valence-electron chi connectivity index (χ3n) is 4.85. The van der Waals surface area contributed by atoms with Gasteiger partial charge in [0.2, 0.25) is 0 Å². The molecule has 130 valence electrons. The first-order chi connectivity index (χ1) is 12.3. The fourth-order valence-corrected chi connectivity index (χ4v) is 3.21. The molecular weight excluding hydrogens is 304 g/mol. The monoisotopic (exact) mass is 332 g/mol. The molecular formula is C23H28N2. The summed E-state index contributed by atoms with van der Waals surface area (Å²) in [6.45, 7) is 4.39. The predicted molar refractivity (Wildman–Crippen MR) is 107 cm³/mol. The molecule has 0 radical (unpaired) electrons. The maximum absolute atomic E-state index is 4.50. The Morgan fingerprint density at radius 3 is 2.20 bits per heavy atom. The van der Waals surface area contributed by atoms with Gasteiger partial charge in [-0.05, 0) is 47.2 Å². The number of nitrogens with zero attached hydrogens (tertiary/aromatic N) is 2. The van der Waals surface area contributed by atoms with Crippen LogP contribution in [-0.2, 0) is 12.8 Å². The second kappa shape index (κ2) is 8.75. The number of aromatic nitrogens is 2. The molecule has 0 aliphatic heterocycles. The third kappa shape index (κ3) is 4.66. The molecule has 0 aliphatic carbocycles. The van der Waals surface area contributed by atoms with Crippen LogP contribution in [0.4, 0.5) is 0 Å². The lowest BCUT2D eigenvalue weighted by Gasteiger charge is -2.06. The Labute approximate surface area is 151 Å². The summed E-state index contributed by atoms with van der Waals surface area (Å²) >= 11 is 0. The van der Waals surface area contributed by atoms with Crippen LogP contribution < -0.4 is 0 Å². The highest BCUT2D eigenvalue weighted by molar-refractivity contribution is 5.87. The number of hydrogen-bond donors (Lipinski definition) is 0. The van der Waals surface area contributed by atoms with Gasteiger partial charge in [0.15, 0.2) is 5.82 Å². The summed E-state index contributed by atoms with van der Waals surface area (Å²) in [6.07, 6.45) is 12.7. The van der Waals surface area contributed by atoms with Crippen LogP contribution in [0.15, 0.2) is 48.8 Å². The fourth-order valence-electron chi connectivity index (χ4n) is 3.21. The van der Waals surface area contributed by atoms with E-state index in [0.29, 0.717) is 0 Å². The zero-order chi connectivity index (χ0) is 17.5. The maximum Gasteiger partial charge on any atom is 0.159 e. The summed E-state index contributed by atoms with van der Waals surface area (Å²) in [5.41, 5.74) is 3.70. The van der Waals surface area contributed by atoms with E-state index in [1.807, 2.05) is 12.4 Å². The summed E-state index contributed by atoms with van der Waals surface area (Å²) in [5.74, 6) is 0.805. The maximum atomic E-state index is 4.50. The van der Waals surface area contributed by atoms with E-state index in [2.05, 4.69) is 60.2 Å². The average Bonchev–Trinajstić information content (AvgIpc) is 2.67. The Kier molecular flexibility index (Phi) is 6.16. The third-order valence-corrected chi connectivity index (χ3v) is 4.85. The van der Waals surface area contributed by atoms with E-state index in [9.17, 15) is 0 Å². The van der Waals surface area contributed by atoms with Gasteiger partial charge in [-0.15, -0.1) is 0 Å². The molecule has 2 nitrogen and oxygen atoms in total. The first-order valence-corrected chi connectivity index (χ1v) is 9.64. The van der Waals surface area contributed by atoms with Crippen molar-refractivity contribution in [2.24, 2.45) is 0 Å². The standard InChI is InChI=1S/C23H28N2/c1-3-5-6-7-8-9-19-10-11-21-15-22(13-12-20(21)14-19)23-24-16-18(4-2)17-25-23/h10-17H,3-9H2,1-2H3. The van der Waals surface area contributed by atoms with Crippen molar-refractivity contribution in [1.29, 1.82) is 0 Å². The lowest BCUT2D eigenvalue weighted by molar-refractivity contribution is 0.632. The van der Waals surface area contributed by atoms with E-state index in [-0.39, 0.29) is 0 Å². The topological polar surface area (TPSA) is 25.8 Å². The van der Waals surface area contributed by atoms with Gasteiger partial charge in [0.1, 0.15) is 0 Å². The summed E-state index contributed by atoms with van der Waals surface area (Å²) in [5, 5.41) is 2.57. The first-order valence-electron chi connectivity index (χ1n) is 9.64. The molecule has 1 aromatic heterocycles. The van der Waals surface area contributed by atoms with Gasteiger partial charge in [-0.2, -0.15) is 0 Å². The molecule has 0 saturated carbocycles. The number of unbranched alkanes of at least 4 members (excludes halogenated alkanes) is 4. The minimum Gasteiger partial charge on any atom is -0.236 e. The number of hydrogen-bond acceptors (Lipinski definition) is 2. The van der Waals surface area contributed by atoms with Crippen molar-refractivity contribution in [3.63, 3.8) is 0 Å². The van der Waals surface area contributed by atoms with Crippen LogP contribution in [0, 0.1) is 0 Å². The molecule has 3 aromatic rings. The Hall–Kier alpha value is -2.22. The molecule has 0 amide bonds. The number of fused-ring (bicyclic) bond motifs is 1. The molecule has 3 rings (SSSR count). The van der Waals surface area contributed by atoms with Crippen LogP contribution in [0.25, 0.3) is 22.2 Å². The van der Waals surface area contributed by atoms with Crippen LogP contribution in [0.5, 0.6) is 0 Å². The molecule has 2 heteroatoms. The highest BCUT2D eigenvalue weighted by Crippen LogP contribution is 2.23. The summed E-state index contributed by atoms with van der Waals surface area (Å²) in [7, 11) is 0. The van der Waals surface area contributed by atoms with E-state index in [0.717, 1.165) is 17.8 Å². The lowest BCUT2D eigenvalue weighted by atomic mass is 10.0. The molecule has 0 atom stereocenters. The molecule has 25 heavy (non-hydrogen) atoms. The van der Waals surface area contributed by atoms with E-state index in [1.165, 1.54) is 60.4 Å². The molecule has 0 aliphatic rings. The summed E-state index contributed by atoms with van der Waals surface area (Å²) in [6, 6.07) is 13.4. The molecule has 0 bridgehead atoms. The molecule has 1 heterocycles. The highest BCUT2D eigenvalue weighted by Gasteiger charge is 2.04. The van der Waals surface area contributed by atoms with Crippen LogP contribution in [0.1, 0.15) is 57.1 Å². The van der Waals surface area contributed by atoms with Crippen LogP contribution in [-0.4, -0.2) is 9.97 Å². The molecule has 0 fully saturated rings. The van der Waals surface area contributed by atoms with Crippen LogP contribution in [0.3, 0.4) is 0 Å². The van der Waals surface area contributed by atoms with Gasteiger partial charge >= 0.3 is 0 Å². The van der Waals surface area contributed by atoms with Gasteiger partial charge in [-0.3, -0.25) is 0 Å². The SMILES string of the molecule is CCCCCCCc1ccc2cc(-c3ncc(CC)cn3)ccc2c1. The predicted octanol–water partition coefficient (Wildman–Crippen LogP) is 6.37. The van der Waals surface area contributed by atoms with Crippen molar-refractivity contribution in [2.75, 3.05) is 0 Å². The van der Waals surface area contributed by atoms with Crippen molar-refractivity contribution in [3.05, 3.63) is 59.9 Å². The second-order valence-electron chi connectivity index (χ2n) is 6.83. The van der Waals surface area contributed by atoms with Crippen molar-refractivity contribution < 1.29 is 0 Å². The van der Waals surface area contributed by atoms with Crippen molar-refractivity contribution in [3.8, 4) is 11.4 Å². The van der Waals surface area contributed by atoms with Gasteiger partial charge < -0.3 is 0 Å². The van der Waals surface area contributed by atoms with Gasteiger partial charge in [0, 0.05) is 18.0 Å². The largest absolute Gasteiger partial charge is 0.236 e. The first kappa shape index (κ1) is 17.6. The number of rotatable bonds is 8. The van der Waals surface area contributed by atoms with E-state index in [4.69, 9.17) is 0 Å². The zero-order valence-corrected chi connectivity index (χ0v) is 15.5. The van der Waals surface area contributed by atoms with E-state index < -0.39 is 0 Å². The van der Waals surface area contributed by atoms with Crippen molar-refractivity contribution in [1.82, 2.24) is 9.97 Å². The van der Waals surface area contributed by atoms with Crippen LogP contribution >= 0.6 is 0 Å². The molecule has 0 unspecified atom stereocenters. The van der Waals surface area contributed by atoms with E-state index >= 15 is 0 Å². The number of benzene rings is 2. The smallest absolute Gasteiger partial charge is 0.159 e. The van der Waals surface area contributed by atoms with Crippen molar-refractivity contribution in [2.45, 2.75) is 58.8 Å². The van der Waals surface area contributed by atoms with Crippen molar-refractivity contribution >= 4 is 10.8 Å². The average molecular weight is 332 g/mol. The quantitative estimate of drug-likeness (QED) is 0.448. The molecule has 0 N–H and O–H groups in total. The summed E-state index contributed by atoms with van der Waals surface area (Å²) < 4.78 is 0. The minimum atomic E-state index is 0.805.